The molecule has 4 nitrogen and oxygen atoms in total. The minimum atomic E-state index is 0.328. The summed E-state index contributed by atoms with van der Waals surface area (Å²) in [5.41, 5.74) is 0. The van der Waals surface area contributed by atoms with E-state index in [1.807, 2.05) is 23.6 Å². The number of carbonyl (C=O) groups excluding carboxylic acids is 1. The van der Waals surface area contributed by atoms with E-state index in [4.69, 9.17) is 0 Å². The molecule has 2 aliphatic heterocycles. The van der Waals surface area contributed by atoms with Gasteiger partial charge < -0.3 is 9.80 Å². The number of amides is 1. The van der Waals surface area contributed by atoms with E-state index in [1.165, 1.54) is 51.4 Å². The molecule has 0 saturated carbocycles. The molecule has 2 saturated heterocycles. The fourth-order valence-corrected chi connectivity index (χ4v) is 3.86. The van der Waals surface area contributed by atoms with Crippen LogP contribution in [0, 0.1) is 5.92 Å². The van der Waals surface area contributed by atoms with Crippen LogP contribution in [0.15, 0.2) is 0 Å². The number of hydrogen-bond acceptors (Lipinski definition) is 4. The fourth-order valence-electron chi connectivity index (χ4n) is 3.24. The summed E-state index contributed by atoms with van der Waals surface area (Å²) in [6.07, 6.45) is 5.22. The predicted octanol–water partition coefficient (Wildman–Crippen LogP) is 1.57. The number of thioether (sulfide) groups is 1. The average molecular weight is 299 g/mol. The maximum Gasteiger partial charge on any atom is 0.222 e. The largest absolute Gasteiger partial charge is 0.343 e. The molecule has 0 aromatic heterocycles. The Balaban J connectivity index is 1.65. The van der Waals surface area contributed by atoms with Crippen molar-refractivity contribution in [1.29, 1.82) is 0 Å². The van der Waals surface area contributed by atoms with Crippen molar-refractivity contribution in [2.75, 3.05) is 57.9 Å². The summed E-state index contributed by atoms with van der Waals surface area (Å²) in [6, 6.07) is 0. The van der Waals surface area contributed by atoms with Gasteiger partial charge in [-0.05, 0) is 25.0 Å². The molecule has 0 aromatic carbocycles. The zero-order valence-corrected chi connectivity index (χ0v) is 13.8. The summed E-state index contributed by atoms with van der Waals surface area (Å²) < 4.78 is 0. The molecule has 2 aliphatic rings. The Hall–Kier alpha value is -0.260. The standard InChI is InChI=1S/C15H29N3OS/c1-3-15(19)18-6-4-14(5-7-18)12-16-8-10-17(11-9-16)13-20-2/h14H,3-13H2,1-2H3. The summed E-state index contributed by atoms with van der Waals surface area (Å²) in [5.74, 6) is 2.29. The van der Waals surface area contributed by atoms with Gasteiger partial charge in [-0.2, -0.15) is 0 Å². The summed E-state index contributed by atoms with van der Waals surface area (Å²) in [5, 5.41) is 0. The van der Waals surface area contributed by atoms with E-state index in [-0.39, 0.29) is 0 Å². The van der Waals surface area contributed by atoms with Crippen molar-refractivity contribution in [2.45, 2.75) is 26.2 Å². The summed E-state index contributed by atoms with van der Waals surface area (Å²) in [6.45, 7) is 10.0. The van der Waals surface area contributed by atoms with Crippen molar-refractivity contribution >= 4 is 17.7 Å². The van der Waals surface area contributed by atoms with Crippen LogP contribution in [0.2, 0.25) is 0 Å². The first kappa shape index (κ1) is 16.1. The first-order valence-corrected chi connectivity index (χ1v) is 9.33. The van der Waals surface area contributed by atoms with E-state index in [0.29, 0.717) is 12.3 Å². The van der Waals surface area contributed by atoms with Crippen LogP contribution < -0.4 is 0 Å². The Morgan fingerprint density at radius 3 is 2.20 bits per heavy atom. The number of hydrogen-bond donors (Lipinski definition) is 0. The highest BCUT2D eigenvalue weighted by atomic mass is 32.2. The van der Waals surface area contributed by atoms with Gasteiger partial charge >= 0.3 is 0 Å². The summed E-state index contributed by atoms with van der Waals surface area (Å²) >= 11 is 1.92. The lowest BCUT2D eigenvalue weighted by Gasteiger charge is -2.38. The first-order valence-electron chi connectivity index (χ1n) is 7.94. The molecule has 2 rings (SSSR count). The highest BCUT2D eigenvalue weighted by molar-refractivity contribution is 7.98. The lowest BCUT2D eigenvalue weighted by Crippen LogP contribution is -2.48. The van der Waals surface area contributed by atoms with Crippen molar-refractivity contribution in [2.24, 2.45) is 5.92 Å². The molecule has 0 aromatic rings. The van der Waals surface area contributed by atoms with Crippen LogP contribution in [0.5, 0.6) is 0 Å². The van der Waals surface area contributed by atoms with E-state index in [9.17, 15) is 4.79 Å². The molecule has 5 heteroatoms. The van der Waals surface area contributed by atoms with Gasteiger partial charge in [-0.25, -0.2) is 0 Å². The molecule has 2 fully saturated rings. The van der Waals surface area contributed by atoms with Crippen LogP contribution in [0.3, 0.4) is 0 Å². The van der Waals surface area contributed by atoms with E-state index in [0.717, 1.165) is 19.0 Å². The zero-order valence-electron chi connectivity index (χ0n) is 13.0. The second kappa shape index (κ2) is 8.25. The average Bonchev–Trinajstić information content (AvgIpc) is 2.49. The first-order chi connectivity index (χ1) is 9.72. The van der Waals surface area contributed by atoms with Crippen LogP contribution in [-0.4, -0.2) is 78.6 Å². The number of piperidine rings is 1. The van der Waals surface area contributed by atoms with Gasteiger partial charge in [-0.3, -0.25) is 9.69 Å². The lowest BCUT2D eigenvalue weighted by molar-refractivity contribution is -0.132. The van der Waals surface area contributed by atoms with Crippen molar-refractivity contribution < 1.29 is 4.79 Å². The Kier molecular flexibility index (Phi) is 6.65. The number of rotatable bonds is 5. The second-order valence-electron chi connectivity index (χ2n) is 6.01. The Bertz CT molecular complexity index is 297. The minimum Gasteiger partial charge on any atom is -0.343 e. The van der Waals surface area contributed by atoms with Gasteiger partial charge in [0.1, 0.15) is 0 Å². The molecule has 0 aliphatic carbocycles. The Morgan fingerprint density at radius 1 is 1.05 bits per heavy atom. The van der Waals surface area contributed by atoms with Crippen molar-refractivity contribution in [3.8, 4) is 0 Å². The zero-order chi connectivity index (χ0) is 14.4. The van der Waals surface area contributed by atoms with Gasteiger partial charge in [0.25, 0.3) is 0 Å². The maximum absolute atomic E-state index is 11.7. The SMILES string of the molecule is CCC(=O)N1CCC(CN2CCN(CSC)CC2)CC1. The Morgan fingerprint density at radius 2 is 1.65 bits per heavy atom. The highest BCUT2D eigenvalue weighted by Crippen LogP contribution is 2.20. The molecule has 0 bridgehead atoms. The topological polar surface area (TPSA) is 26.8 Å². The number of piperazine rings is 1. The molecular formula is C15H29N3OS. The van der Waals surface area contributed by atoms with Crippen molar-refractivity contribution in [3.63, 3.8) is 0 Å². The molecule has 1 amide bonds. The van der Waals surface area contributed by atoms with Gasteiger partial charge in [0.2, 0.25) is 5.91 Å². The second-order valence-corrected chi connectivity index (χ2v) is 6.85. The van der Waals surface area contributed by atoms with E-state index < -0.39 is 0 Å². The molecule has 0 radical (unpaired) electrons. The van der Waals surface area contributed by atoms with Crippen molar-refractivity contribution in [3.05, 3.63) is 0 Å². The minimum absolute atomic E-state index is 0.328. The van der Waals surface area contributed by atoms with Crippen LogP contribution >= 0.6 is 11.8 Å². The maximum atomic E-state index is 11.7. The third-order valence-corrected chi connectivity index (χ3v) is 5.19. The normalized spacial score (nSPS) is 23.2. The van der Waals surface area contributed by atoms with Crippen LogP contribution in [-0.2, 0) is 4.79 Å². The van der Waals surface area contributed by atoms with Crippen LogP contribution in [0.1, 0.15) is 26.2 Å². The molecule has 20 heavy (non-hydrogen) atoms. The van der Waals surface area contributed by atoms with Gasteiger partial charge in [-0.15, -0.1) is 11.8 Å². The van der Waals surface area contributed by atoms with Gasteiger partial charge in [0.05, 0.1) is 0 Å². The molecule has 0 unspecified atom stereocenters. The van der Waals surface area contributed by atoms with Gasteiger partial charge in [0.15, 0.2) is 0 Å². The van der Waals surface area contributed by atoms with Crippen LogP contribution in [0.25, 0.3) is 0 Å². The molecule has 116 valence electrons. The molecule has 0 spiro atoms. The van der Waals surface area contributed by atoms with Crippen molar-refractivity contribution in [1.82, 2.24) is 14.7 Å². The third kappa shape index (κ3) is 4.64. The summed E-state index contributed by atoms with van der Waals surface area (Å²) in [7, 11) is 0. The van der Waals surface area contributed by atoms with Gasteiger partial charge in [-0.1, -0.05) is 6.92 Å². The molecular weight excluding hydrogens is 270 g/mol. The number of carbonyl (C=O) groups is 1. The van der Waals surface area contributed by atoms with E-state index in [2.05, 4.69) is 16.1 Å². The van der Waals surface area contributed by atoms with Gasteiger partial charge in [0, 0.05) is 58.1 Å². The smallest absolute Gasteiger partial charge is 0.222 e. The summed E-state index contributed by atoms with van der Waals surface area (Å²) in [4.78, 5) is 18.9. The van der Waals surface area contributed by atoms with E-state index in [1.54, 1.807) is 0 Å². The predicted molar refractivity (Wildman–Crippen MR) is 86.0 cm³/mol. The fraction of sp³-hybridized carbons (Fsp3) is 0.933. The molecule has 2 heterocycles. The lowest BCUT2D eigenvalue weighted by atomic mass is 9.95. The number of nitrogens with zero attached hydrogens (tertiary/aromatic N) is 3. The molecule has 0 atom stereocenters. The Labute approximate surface area is 127 Å². The van der Waals surface area contributed by atoms with Crippen LogP contribution in [0.4, 0.5) is 0 Å². The van der Waals surface area contributed by atoms with E-state index >= 15 is 0 Å². The highest BCUT2D eigenvalue weighted by Gasteiger charge is 2.25. The third-order valence-electron chi connectivity index (χ3n) is 4.56. The quantitative estimate of drug-likeness (QED) is 0.770. The monoisotopic (exact) mass is 299 g/mol. The number of likely N-dealkylation sites (tertiary alicyclic amines) is 1. The molecule has 0 N–H and O–H groups in total.